The predicted molar refractivity (Wildman–Crippen MR) is 112 cm³/mol. The van der Waals surface area contributed by atoms with Crippen molar-refractivity contribution in [1.82, 2.24) is 10.2 Å². The minimum atomic E-state index is -4.64. The third-order valence-electron chi connectivity index (χ3n) is 4.97. The molecule has 180 valence electrons. The quantitative estimate of drug-likeness (QED) is 0.526. The van der Waals surface area contributed by atoms with Gasteiger partial charge in [-0.25, -0.2) is 12.8 Å². The predicted octanol–water partition coefficient (Wildman–Crippen LogP) is 3.28. The van der Waals surface area contributed by atoms with E-state index in [0.29, 0.717) is 10.6 Å². The summed E-state index contributed by atoms with van der Waals surface area (Å²) in [6.45, 7) is -0.254. The molecule has 1 atom stereocenters. The van der Waals surface area contributed by atoms with E-state index >= 15 is 4.39 Å². The maximum absolute atomic E-state index is 15.8. The number of aromatic nitrogens is 2. The van der Waals surface area contributed by atoms with Crippen LogP contribution < -0.4 is 10.6 Å². The van der Waals surface area contributed by atoms with Crippen LogP contribution in [0.15, 0.2) is 45.7 Å². The zero-order chi connectivity index (χ0) is 24.8. The second-order valence-electron chi connectivity index (χ2n) is 7.51. The van der Waals surface area contributed by atoms with Gasteiger partial charge in [0.15, 0.2) is 15.7 Å². The molecule has 34 heavy (non-hydrogen) atoms. The Bertz CT molecular complexity index is 1360. The fourth-order valence-corrected chi connectivity index (χ4v) is 5.15. The Balaban J connectivity index is 1.86. The Morgan fingerprint density at radius 3 is 2.47 bits per heavy atom. The van der Waals surface area contributed by atoms with Crippen molar-refractivity contribution in [1.29, 1.82) is 0 Å². The van der Waals surface area contributed by atoms with Crippen molar-refractivity contribution < 1.29 is 35.2 Å². The number of carbonyl (C=O) groups is 1. The Hall–Kier alpha value is -3.03. The molecule has 0 aliphatic carbocycles. The van der Waals surface area contributed by atoms with Crippen LogP contribution in [-0.2, 0) is 27.6 Å². The first kappa shape index (κ1) is 24.1. The number of halogens is 5. The number of rotatable bonds is 4. The number of hydrogen-bond donors (Lipinski definition) is 1. The van der Waals surface area contributed by atoms with E-state index in [0.717, 1.165) is 17.0 Å². The maximum Gasteiger partial charge on any atom is 0.397 e. The molecular formula is C20H15ClF4N4O4S. The van der Waals surface area contributed by atoms with Crippen LogP contribution in [0.1, 0.15) is 11.5 Å². The molecule has 0 unspecified atom stereocenters. The smallest absolute Gasteiger partial charge is 0.397 e. The highest BCUT2D eigenvalue weighted by Gasteiger charge is 2.39. The number of fused-ring (bicyclic) bond motifs is 1. The summed E-state index contributed by atoms with van der Waals surface area (Å²) >= 11 is 5.87. The molecule has 0 radical (unpaired) electrons. The van der Waals surface area contributed by atoms with Crippen molar-refractivity contribution in [3.8, 4) is 11.5 Å². The van der Waals surface area contributed by atoms with E-state index in [1.807, 2.05) is 0 Å². The highest BCUT2D eigenvalue weighted by atomic mass is 35.5. The van der Waals surface area contributed by atoms with Gasteiger partial charge in [-0.2, -0.15) is 13.2 Å². The molecule has 1 aliphatic heterocycles. The van der Waals surface area contributed by atoms with E-state index in [9.17, 15) is 26.4 Å². The van der Waals surface area contributed by atoms with E-state index in [-0.39, 0.29) is 6.54 Å². The zero-order valence-electron chi connectivity index (χ0n) is 17.0. The van der Waals surface area contributed by atoms with Crippen molar-refractivity contribution in [2.24, 2.45) is 5.73 Å². The molecule has 1 aliphatic rings. The van der Waals surface area contributed by atoms with Crippen molar-refractivity contribution in [2.75, 3.05) is 10.7 Å². The third kappa shape index (κ3) is 4.76. The van der Waals surface area contributed by atoms with E-state index in [4.69, 9.17) is 21.8 Å². The van der Waals surface area contributed by atoms with Gasteiger partial charge in [0.2, 0.25) is 11.8 Å². The van der Waals surface area contributed by atoms with E-state index < -0.39 is 73.9 Å². The summed E-state index contributed by atoms with van der Waals surface area (Å²) < 4.78 is 84.2. The minimum Gasteiger partial charge on any atom is -0.420 e. The fourth-order valence-electron chi connectivity index (χ4n) is 3.46. The maximum atomic E-state index is 15.8. The second kappa shape index (κ2) is 8.64. The van der Waals surface area contributed by atoms with Crippen LogP contribution in [0.3, 0.4) is 0 Å². The molecule has 1 aromatic heterocycles. The van der Waals surface area contributed by atoms with E-state index in [1.165, 1.54) is 12.1 Å². The summed E-state index contributed by atoms with van der Waals surface area (Å²) in [4.78, 5) is 13.4. The first-order chi connectivity index (χ1) is 15.9. The number of carbonyl (C=O) groups excluding carboxylic acids is 1. The third-order valence-corrected chi connectivity index (χ3v) is 7.02. The second-order valence-corrected chi connectivity index (χ2v) is 9.94. The topological polar surface area (TPSA) is 119 Å². The molecule has 0 saturated carbocycles. The van der Waals surface area contributed by atoms with Crippen LogP contribution in [0.4, 0.5) is 23.2 Å². The lowest BCUT2D eigenvalue weighted by atomic mass is 10.1. The average Bonchev–Trinajstić information content (AvgIpc) is 3.16. The van der Waals surface area contributed by atoms with Crippen molar-refractivity contribution >= 4 is 33.0 Å². The van der Waals surface area contributed by atoms with Gasteiger partial charge in [-0.15, -0.1) is 10.2 Å². The zero-order valence-corrected chi connectivity index (χ0v) is 18.6. The molecule has 0 spiro atoms. The molecule has 0 fully saturated rings. The standard InChI is InChI=1S/C20H15ClF4N4O4S/c21-11-3-1-10(2-4-11)8-29-17-14(34(31,32)9-13(26)19(29)30)6-5-12(16(17)22)18-28-27-15(33-18)7-20(23,24)25/h1-6,13H,7-9,26H2/t13-/m0/s1. The summed E-state index contributed by atoms with van der Waals surface area (Å²) in [7, 11) is -4.20. The molecular weight excluding hydrogens is 504 g/mol. The number of nitrogens with two attached hydrogens (primary N) is 1. The number of amides is 1. The van der Waals surface area contributed by atoms with Crippen LogP contribution in [0.5, 0.6) is 0 Å². The summed E-state index contributed by atoms with van der Waals surface area (Å²) in [6.07, 6.45) is -6.17. The minimum absolute atomic E-state index is 0.254. The van der Waals surface area contributed by atoms with Crippen LogP contribution in [0.25, 0.3) is 11.5 Å². The van der Waals surface area contributed by atoms with Crippen LogP contribution in [0.2, 0.25) is 5.02 Å². The van der Waals surface area contributed by atoms with Crippen LogP contribution >= 0.6 is 11.6 Å². The van der Waals surface area contributed by atoms with Gasteiger partial charge in [0, 0.05) is 5.02 Å². The first-order valence-corrected chi connectivity index (χ1v) is 11.6. The normalized spacial score (nSPS) is 18.0. The molecule has 8 nitrogen and oxygen atoms in total. The molecule has 1 amide bonds. The van der Waals surface area contributed by atoms with E-state index in [2.05, 4.69) is 10.2 Å². The number of anilines is 1. The Morgan fingerprint density at radius 2 is 1.82 bits per heavy atom. The number of nitrogens with zero attached hydrogens (tertiary/aromatic N) is 3. The summed E-state index contributed by atoms with van der Waals surface area (Å²) in [5.74, 6) is -4.27. The molecule has 4 rings (SSSR count). The number of hydrogen-bond acceptors (Lipinski definition) is 7. The average molecular weight is 519 g/mol. The van der Waals surface area contributed by atoms with Gasteiger partial charge in [0.05, 0.1) is 34.5 Å². The number of sulfone groups is 1. The van der Waals surface area contributed by atoms with Crippen molar-refractivity contribution in [2.45, 2.75) is 30.1 Å². The Labute approximate surface area is 195 Å². The molecule has 3 aromatic rings. The lowest BCUT2D eigenvalue weighted by molar-refractivity contribution is -0.130. The molecule has 14 heteroatoms. The van der Waals surface area contributed by atoms with Gasteiger partial charge in [-0.1, -0.05) is 23.7 Å². The van der Waals surface area contributed by atoms with Gasteiger partial charge >= 0.3 is 6.18 Å². The van der Waals surface area contributed by atoms with Gasteiger partial charge < -0.3 is 15.1 Å². The van der Waals surface area contributed by atoms with Crippen LogP contribution in [-0.4, -0.2) is 42.5 Å². The van der Waals surface area contributed by atoms with Gasteiger partial charge in [0.1, 0.15) is 6.42 Å². The molecule has 0 saturated heterocycles. The van der Waals surface area contributed by atoms with Crippen molar-refractivity contribution in [3.05, 3.63) is 58.7 Å². The van der Waals surface area contributed by atoms with Gasteiger partial charge in [-0.05, 0) is 29.8 Å². The number of benzene rings is 2. The SMILES string of the molecule is N[C@H]1CS(=O)(=O)c2ccc(-c3nnc(CC(F)(F)F)o3)c(F)c2N(Cc2ccc(Cl)cc2)C1=O. The molecule has 0 bridgehead atoms. The molecule has 2 N–H and O–H groups in total. The van der Waals surface area contributed by atoms with Crippen LogP contribution in [0, 0.1) is 5.82 Å². The largest absolute Gasteiger partial charge is 0.420 e. The summed E-state index contributed by atoms with van der Waals surface area (Å²) in [6, 6.07) is 6.71. The molecule has 2 aromatic carbocycles. The van der Waals surface area contributed by atoms with Gasteiger partial charge in [-0.3, -0.25) is 4.79 Å². The first-order valence-electron chi connectivity index (χ1n) is 9.62. The Morgan fingerprint density at radius 1 is 1.15 bits per heavy atom. The monoisotopic (exact) mass is 518 g/mol. The van der Waals surface area contributed by atoms with Gasteiger partial charge in [0.25, 0.3) is 5.89 Å². The molecule has 2 heterocycles. The fraction of sp³-hybridized carbons (Fsp3) is 0.250. The lowest BCUT2D eigenvalue weighted by Crippen LogP contribution is -2.45. The van der Waals surface area contributed by atoms with Crippen molar-refractivity contribution in [3.63, 3.8) is 0 Å². The highest BCUT2D eigenvalue weighted by molar-refractivity contribution is 7.91. The summed E-state index contributed by atoms with van der Waals surface area (Å²) in [5.41, 5.74) is 5.21. The lowest BCUT2D eigenvalue weighted by Gasteiger charge is -2.25. The number of alkyl halides is 3. The Kier molecular flexibility index (Phi) is 6.12. The summed E-state index contributed by atoms with van der Waals surface area (Å²) in [5, 5.41) is 7.12. The highest BCUT2D eigenvalue weighted by Crippen LogP contribution is 2.38. The van der Waals surface area contributed by atoms with E-state index in [1.54, 1.807) is 12.1 Å².